The van der Waals surface area contributed by atoms with E-state index in [4.69, 9.17) is 9.68 Å². The maximum Gasteiger partial charge on any atom is 0.336 e. The zero-order valence-electron chi connectivity index (χ0n) is 12.7. The van der Waals surface area contributed by atoms with E-state index >= 15 is 0 Å². The summed E-state index contributed by atoms with van der Waals surface area (Å²) in [5.74, 6) is -2.23. The van der Waals surface area contributed by atoms with Gasteiger partial charge >= 0.3 is 5.63 Å². The van der Waals surface area contributed by atoms with Crippen LogP contribution in [0.4, 0.5) is 14.5 Å². The summed E-state index contributed by atoms with van der Waals surface area (Å²) in [6, 6.07) is 10.4. The van der Waals surface area contributed by atoms with Gasteiger partial charge in [-0.2, -0.15) is 5.26 Å². The molecule has 124 valence electrons. The molecule has 0 bridgehead atoms. The Balaban J connectivity index is 1.90. The van der Waals surface area contributed by atoms with Crippen LogP contribution in [-0.4, -0.2) is 5.91 Å². The van der Waals surface area contributed by atoms with E-state index in [0.717, 1.165) is 18.2 Å². The lowest BCUT2D eigenvalue weighted by Crippen LogP contribution is -2.16. The topological polar surface area (TPSA) is 83.1 Å². The van der Waals surface area contributed by atoms with E-state index in [1.807, 2.05) is 6.07 Å². The second kappa shape index (κ2) is 6.53. The van der Waals surface area contributed by atoms with E-state index in [1.165, 1.54) is 12.1 Å². The van der Waals surface area contributed by atoms with Crippen LogP contribution in [0, 0.1) is 23.0 Å². The number of carbonyl (C=O) groups is 1. The number of rotatable bonds is 3. The smallest absolute Gasteiger partial charge is 0.336 e. The van der Waals surface area contributed by atoms with Gasteiger partial charge in [0.2, 0.25) is 5.91 Å². The van der Waals surface area contributed by atoms with Crippen molar-refractivity contribution in [1.29, 1.82) is 5.26 Å². The van der Waals surface area contributed by atoms with Gasteiger partial charge in [-0.1, -0.05) is 0 Å². The normalized spacial score (nSPS) is 10.4. The molecule has 0 aliphatic rings. The molecule has 0 unspecified atom stereocenters. The van der Waals surface area contributed by atoms with Crippen molar-refractivity contribution in [3.63, 3.8) is 0 Å². The van der Waals surface area contributed by atoms with E-state index < -0.39 is 23.2 Å². The molecule has 3 rings (SSSR count). The van der Waals surface area contributed by atoms with Crippen molar-refractivity contribution in [3.05, 3.63) is 75.6 Å². The minimum absolute atomic E-state index is 0.162. The Hall–Kier alpha value is -3.53. The zero-order chi connectivity index (χ0) is 18.0. The van der Waals surface area contributed by atoms with Gasteiger partial charge in [-0.3, -0.25) is 4.79 Å². The molecule has 7 heteroatoms. The summed E-state index contributed by atoms with van der Waals surface area (Å²) in [6.45, 7) is 0. The average Bonchev–Trinajstić information content (AvgIpc) is 2.56. The standard InChI is InChI=1S/C18H10F2N2O3/c19-12-2-4-15(14(20)8-12)22-17(23)6-11-7-18(24)25-16-5-10(9-21)1-3-13(11)16/h1-5,7-8H,6H2,(H,22,23). The van der Waals surface area contributed by atoms with Gasteiger partial charge in [-0.15, -0.1) is 0 Å². The predicted octanol–water partition coefficient (Wildman–Crippen LogP) is 3.12. The number of fused-ring (bicyclic) bond motifs is 1. The Morgan fingerprint density at radius 2 is 1.96 bits per heavy atom. The summed E-state index contributed by atoms with van der Waals surface area (Å²) in [5, 5.41) is 11.7. The van der Waals surface area contributed by atoms with Gasteiger partial charge in [0.1, 0.15) is 17.2 Å². The quantitative estimate of drug-likeness (QED) is 0.743. The number of nitrogens with one attached hydrogen (secondary N) is 1. The Morgan fingerprint density at radius 1 is 1.16 bits per heavy atom. The van der Waals surface area contributed by atoms with Crippen molar-refractivity contribution < 1.29 is 18.0 Å². The van der Waals surface area contributed by atoms with Crippen LogP contribution in [0.1, 0.15) is 11.1 Å². The van der Waals surface area contributed by atoms with Crippen molar-refractivity contribution in [2.24, 2.45) is 0 Å². The van der Waals surface area contributed by atoms with Gasteiger partial charge in [0.15, 0.2) is 0 Å². The number of carbonyl (C=O) groups excluding carboxylic acids is 1. The van der Waals surface area contributed by atoms with Crippen molar-refractivity contribution in [2.45, 2.75) is 6.42 Å². The molecule has 2 aromatic carbocycles. The highest BCUT2D eigenvalue weighted by atomic mass is 19.1. The summed E-state index contributed by atoms with van der Waals surface area (Å²) in [4.78, 5) is 23.8. The summed E-state index contributed by atoms with van der Waals surface area (Å²) in [5.41, 5.74) is 0.0347. The molecule has 5 nitrogen and oxygen atoms in total. The molecule has 0 radical (unpaired) electrons. The van der Waals surface area contributed by atoms with Crippen LogP contribution in [-0.2, 0) is 11.2 Å². The number of nitriles is 1. The molecular formula is C18H10F2N2O3. The van der Waals surface area contributed by atoms with Crippen LogP contribution in [0.2, 0.25) is 0 Å². The highest BCUT2D eigenvalue weighted by Gasteiger charge is 2.13. The van der Waals surface area contributed by atoms with E-state index in [0.29, 0.717) is 22.6 Å². The van der Waals surface area contributed by atoms with Crippen molar-refractivity contribution in [1.82, 2.24) is 0 Å². The first kappa shape index (κ1) is 16.3. The summed E-state index contributed by atoms with van der Waals surface area (Å²) in [7, 11) is 0. The lowest BCUT2D eigenvalue weighted by Gasteiger charge is -2.08. The number of benzene rings is 2. The van der Waals surface area contributed by atoms with Crippen molar-refractivity contribution in [2.75, 3.05) is 5.32 Å². The highest BCUT2D eigenvalue weighted by molar-refractivity contribution is 5.95. The molecule has 25 heavy (non-hydrogen) atoms. The average molecular weight is 340 g/mol. The molecule has 0 aliphatic heterocycles. The molecule has 0 fully saturated rings. The van der Waals surface area contributed by atoms with Crippen LogP contribution in [0.15, 0.2) is 51.7 Å². The van der Waals surface area contributed by atoms with Crippen molar-refractivity contribution >= 4 is 22.6 Å². The highest BCUT2D eigenvalue weighted by Crippen LogP contribution is 2.20. The SMILES string of the molecule is N#Cc1ccc2c(CC(=O)Nc3ccc(F)cc3F)cc(=O)oc2c1. The number of hydrogen-bond acceptors (Lipinski definition) is 4. The predicted molar refractivity (Wildman–Crippen MR) is 85.9 cm³/mol. The van der Waals surface area contributed by atoms with Gasteiger partial charge in [-0.25, -0.2) is 13.6 Å². The Morgan fingerprint density at radius 3 is 2.68 bits per heavy atom. The first-order valence-corrected chi connectivity index (χ1v) is 7.18. The molecule has 0 aliphatic carbocycles. The van der Waals surface area contributed by atoms with Gasteiger partial charge in [0.25, 0.3) is 0 Å². The number of amides is 1. The fraction of sp³-hybridized carbons (Fsp3) is 0.0556. The molecule has 1 N–H and O–H groups in total. The fourth-order valence-electron chi connectivity index (χ4n) is 2.40. The second-order valence-corrected chi connectivity index (χ2v) is 5.26. The molecule has 0 atom stereocenters. The lowest BCUT2D eigenvalue weighted by atomic mass is 10.1. The zero-order valence-corrected chi connectivity index (χ0v) is 12.7. The van der Waals surface area contributed by atoms with Gasteiger partial charge in [0, 0.05) is 17.5 Å². The minimum Gasteiger partial charge on any atom is -0.423 e. The third kappa shape index (κ3) is 3.53. The van der Waals surface area contributed by atoms with Gasteiger partial charge in [0.05, 0.1) is 23.7 Å². The monoisotopic (exact) mass is 340 g/mol. The molecule has 0 saturated carbocycles. The van der Waals surface area contributed by atoms with Gasteiger partial charge in [-0.05, 0) is 35.9 Å². The first-order chi connectivity index (χ1) is 12.0. The van der Waals surface area contributed by atoms with E-state index in [1.54, 1.807) is 6.07 Å². The molecule has 0 saturated heterocycles. The third-order valence-electron chi connectivity index (χ3n) is 3.52. The molecule has 1 amide bonds. The summed E-state index contributed by atoms with van der Waals surface area (Å²) >= 11 is 0. The molecule has 0 spiro atoms. The number of nitrogens with zero attached hydrogens (tertiary/aromatic N) is 1. The first-order valence-electron chi connectivity index (χ1n) is 7.18. The summed E-state index contributed by atoms with van der Waals surface area (Å²) < 4.78 is 31.5. The maximum atomic E-state index is 13.6. The van der Waals surface area contributed by atoms with Crippen LogP contribution in [0.25, 0.3) is 11.0 Å². The molecular weight excluding hydrogens is 330 g/mol. The van der Waals surface area contributed by atoms with E-state index in [9.17, 15) is 18.4 Å². The van der Waals surface area contributed by atoms with Crippen LogP contribution >= 0.6 is 0 Å². The van der Waals surface area contributed by atoms with Crippen LogP contribution in [0.5, 0.6) is 0 Å². The molecule has 1 aromatic heterocycles. The van der Waals surface area contributed by atoms with E-state index in [-0.39, 0.29) is 17.7 Å². The fourth-order valence-corrected chi connectivity index (χ4v) is 2.40. The molecule has 3 aromatic rings. The largest absolute Gasteiger partial charge is 0.423 e. The Labute approximate surface area is 140 Å². The van der Waals surface area contributed by atoms with Gasteiger partial charge < -0.3 is 9.73 Å². The third-order valence-corrected chi connectivity index (χ3v) is 3.52. The Bertz CT molecular complexity index is 1080. The number of anilines is 1. The number of halogens is 2. The van der Waals surface area contributed by atoms with Crippen molar-refractivity contribution in [3.8, 4) is 6.07 Å². The van der Waals surface area contributed by atoms with Crippen LogP contribution < -0.4 is 10.9 Å². The van der Waals surface area contributed by atoms with Crippen LogP contribution in [0.3, 0.4) is 0 Å². The second-order valence-electron chi connectivity index (χ2n) is 5.26. The molecule has 1 heterocycles. The maximum absolute atomic E-state index is 13.6. The van der Waals surface area contributed by atoms with E-state index in [2.05, 4.69) is 5.32 Å². The lowest BCUT2D eigenvalue weighted by molar-refractivity contribution is -0.115. The summed E-state index contributed by atoms with van der Waals surface area (Å²) in [6.07, 6.45) is -0.217. The minimum atomic E-state index is -0.899. The Kier molecular flexibility index (Phi) is 4.27. The number of hydrogen-bond donors (Lipinski definition) is 1.